The Morgan fingerprint density at radius 3 is 1.05 bits per heavy atom. The van der Waals surface area contributed by atoms with Gasteiger partial charge in [-0.2, -0.15) is 0 Å². The van der Waals surface area contributed by atoms with Gasteiger partial charge in [0, 0.05) is 106 Å². The van der Waals surface area contributed by atoms with Crippen LogP contribution in [0.25, 0.3) is 0 Å². The molecule has 14 unspecified atom stereocenters. The molecule has 42 heteroatoms. The molecular weight excluding hydrogens is 1550 g/mol. The maximum absolute atomic E-state index is 14.3. The van der Waals surface area contributed by atoms with E-state index in [0.29, 0.717) is 44.9 Å². The van der Waals surface area contributed by atoms with E-state index in [1.54, 1.807) is 6.92 Å². The molecule has 1 fully saturated rings. The third-order valence-corrected chi connectivity index (χ3v) is 18.4. The van der Waals surface area contributed by atoms with Crippen molar-refractivity contribution in [1.82, 2.24) is 58.5 Å². The Morgan fingerprint density at radius 1 is 0.376 bits per heavy atom. The molecule has 0 aromatic rings. The molecule has 0 spiro atoms. The van der Waals surface area contributed by atoms with E-state index in [0.717, 1.165) is 0 Å². The molecule has 1 aliphatic heterocycles. The van der Waals surface area contributed by atoms with E-state index in [1.807, 2.05) is 0 Å². The number of carbonyl (C=O) groups is 11. The third-order valence-electron chi connectivity index (χ3n) is 18.4. The van der Waals surface area contributed by atoms with Crippen LogP contribution in [0.4, 0.5) is 0 Å². The quantitative estimate of drug-likeness (QED) is 0.0199. The Balaban J connectivity index is 3.28. The van der Waals surface area contributed by atoms with E-state index < -0.39 is 222 Å². The third kappa shape index (κ3) is 47.8. The van der Waals surface area contributed by atoms with E-state index in [1.165, 1.54) is 48.5 Å². The van der Waals surface area contributed by atoms with Crippen LogP contribution in [0, 0.1) is 0 Å². The summed E-state index contributed by atoms with van der Waals surface area (Å²) in [6, 6.07) is -7.75. The summed E-state index contributed by atoms with van der Waals surface area (Å²) < 4.78 is 45.8. The van der Waals surface area contributed by atoms with Gasteiger partial charge in [-0.3, -0.25) is 52.7 Å². The average Bonchev–Trinajstić information content (AvgIpc) is 0.806. The van der Waals surface area contributed by atoms with Crippen molar-refractivity contribution >= 4 is 65.0 Å². The number of unbranched alkanes of at least 4 members (excludes halogenated alkanes) is 7. The van der Waals surface area contributed by atoms with Crippen LogP contribution >= 0.6 is 0 Å². The van der Waals surface area contributed by atoms with Crippen molar-refractivity contribution in [2.75, 3.05) is 98.9 Å². The van der Waals surface area contributed by atoms with Crippen LogP contribution in [-0.4, -0.2) is 348 Å². The molecule has 11 amide bonds. The van der Waals surface area contributed by atoms with Gasteiger partial charge in [0.1, 0.15) is 78.9 Å². The number of amides is 11. The van der Waals surface area contributed by atoms with Crippen molar-refractivity contribution in [1.29, 1.82) is 0 Å². The van der Waals surface area contributed by atoms with Gasteiger partial charge >= 0.3 is 0 Å². The zero-order valence-corrected chi connectivity index (χ0v) is 69.1. The molecule has 0 saturated carbocycles. The van der Waals surface area contributed by atoms with Crippen molar-refractivity contribution < 1.29 is 152 Å². The topological polar surface area (TPSA) is 637 Å². The van der Waals surface area contributed by atoms with Crippen LogP contribution in [0.15, 0.2) is 0 Å². The first-order chi connectivity index (χ1) is 55.7. The summed E-state index contributed by atoms with van der Waals surface area (Å²) in [5.41, 5.74) is 0. The summed E-state index contributed by atoms with van der Waals surface area (Å²) in [6.45, 7) is 6.93. The monoisotopic (exact) mass is 1690 g/mol. The largest absolute Gasteiger partial charge is 0.394 e. The second kappa shape index (κ2) is 64.3. The van der Waals surface area contributed by atoms with Gasteiger partial charge in [-0.15, -0.1) is 0 Å². The highest BCUT2D eigenvalue weighted by molar-refractivity contribution is 5.92. The Morgan fingerprint density at radius 2 is 0.718 bits per heavy atom. The summed E-state index contributed by atoms with van der Waals surface area (Å²) in [6.07, 6.45) is -11.7. The fourth-order valence-corrected chi connectivity index (χ4v) is 11.8. The number of aliphatic hydroxyl groups excluding tert-OH is 12. The van der Waals surface area contributed by atoms with Gasteiger partial charge in [0.05, 0.1) is 64.6 Å². The maximum atomic E-state index is 14.3. The van der Waals surface area contributed by atoms with E-state index in [-0.39, 0.29) is 154 Å². The maximum Gasteiger partial charge on any atom is 0.243 e. The Hall–Kier alpha value is -6.63. The molecule has 1 aliphatic rings. The van der Waals surface area contributed by atoms with E-state index in [2.05, 4.69) is 58.5 Å². The van der Waals surface area contributed by atoms with Crippen molar-refractivity contribution in [2.45, 2.75) is 313 Å². The molecular formula is C75H139N11O31. The molecule has 1 saturated heterocycles. The Kier molecular flexibility index (Phi) is 59.5. The lowest BCUT2D eigenvalue weighted by molar-refractivity contribution is -0.270. The molecule has 0 bridgehead atoms. The molecule has 0 aromatic heterocycles. The molecule has 0 radical (unpaired) electrons. The van der Waals surface area contributed by atoms with Crippen molar-refractivity contribution in [3.8, 4) is 0 Å². The van der Waals surface area contributed by atoms with Gasteiger partial charge in [-0.1, -0.05) is 0 Å². The first kappa shape index (κ1) is 108. The van der Waals surface area contributed by atoms with Gasteiger partial charge in [-0.25, -0.2) is 0 Å². The lowest BCUT2D eigenvalue weighted by atomic mass is 9.97. The summed E-state index contributed by atoms with van der Waals surface area (Å²) in [7, 11) is 0. The number of aliphatic hydroxyl groups is 12. The zero-order valence-electron chi connectivity index (χ0n) is 69.1. The normalized spacial score (nSPS) is 19.3. The molecule has 0 aliphatic carbocycles. The minimum atomic E-state index is -1.50. The summed E-state index contributed by atoms with van der Waals surface area (Å²) >= 11 is 0. The molecule has 0 aromatic carbocycles. The highest BCUT2D eigenvalue weighted by atomic mass is 16.7. The second-order valence-corrected chi connectivity index (χ2v) is 28.8. The molecule has 117 heavy (non-hydrogen) atoms. The summed E-state index contributed by atoms with van der Waals surface area (Å²) in [5.74, 6) is -5.51. The van der Waals surface area contributed by atoms with Crippen molar-refractivity contribution in [3.63, 3.8) is 0 Å². The first-order valence-electron chi connectivity index (χ1n) is 40.6. The van der Waals surface area contributed by atoms with E-state index in [9.17, 15) is 114 Å². The number of likely N-dealkylation sites (N-methyl/N-ethyl adjacent to an activating group) is 1. The zero-order chi connectivity index (χ0) is 87.8. The van der Waals surface area contributed by atoms with Crippen LogP contribution < -0.4 is 58.5 Å². The van der Waals surface area contributed by atoms with Crippen molar-refractivity contribution in [3.05, 3.63) is 0 Å². The molecule has 20 atom stereocenters. The molecule has 23 N–H and O–H groups in total. The predicted octanol–water partition coefficient (Wildman–Crippen LogP) is -6.13. The number of hydrogen-bond acceptors (Lipinski definition) is 31. The first-order valence-corrected chi connectivity index (χ1v) is 40.6. The van der Waals surface area contributed by atoms with Gasteiger partial charge in [-0.05, 0) is 137 Å². The molecule has 42 nitrogen and oxygen atoms in total. The second-order valence-electron chi connectivity index (χ2n) is 28.8. The fourth-order valence-electron chi connectivity index (χ4n) is 11.8. The predicted molar refractivity (Wildman–Crippen MR) is 416 cm³/mol. The molecule has 680 valence electrons. The number of ether oxygens (including phenoxy) is 8. The number of hydrogen-bond donors (Lipinski definition) is 23. The average molecular weight is 1690 g/mol. The lowest BCUT2D eigenvalue weighted by Gasteiger charge is -2.42. The smallest absolute Gasteiger partial charge is 0.243 e. The van der Waals surface area contributed by atoms with Gasteiger partial charge < -0.3 is 158 Å². The fraction of sp³-hybridized carbons (Fsp3) is 0.853. The number of carbonyl (C=O) groups excluding carboxylic acids is 11. The SMILES string of the molecule is CCNC(=O)C(CCCCNC(=O)C(CCCCNC(=O)CCCCOC(OC(CO)[C@@H](C)O)[C@H](CO)NC(C)=O)NC(=O)CCCCOC(OC(CO)[C@@H](C)O)[C@H](CO)NC(C)=O)NC(=O)C(CCCCNC(=O)CCCCOC1OC(CO)C(O)C(O)C1NC(C)=O)NC(=O)CCCCOC(OC(CO)[C@@H](C)O)[C@H](CO)NC(C)=O. The molecule has 1 heterocycles. The minimum Gasteiger partial charge on any atom is -0.394 e. The Bertz CT molecular complexity index is 2810. The summed E-state index contributed by atoms with van der Waals surface area (Å²) in [5, 5.41) is 149. The van der Waals surface area contributed by atoms with Gasteiger partial charge in [0.15, 0.2) is 25.2 Å². The summed E-state index contributed by atoms with van der Waals surface area (Å²) in [4.78, 5) is 142. The van der Waals surface area contributed by atoms with Crippen LogP contribution in [0.3, 0.4) is 0 Å². The highest BCUT2D eigenvalue weighted by Gasteiger charge is 2.45. The van der Waals surface area contributed by atoms with Crippen LogP contribution in [0.5, 0.6) is 0 Å². The number of rotatable bonds is 69. The highest BCUT2D eigenvalue weighted by Crippen LogP contribution is 2.23. The number of nitrogens with one attached hydrogen (secondary N) is 11. The lowest BCUT2D eigenvalue weighted by Crippen LogP contribution is -2.64. The van der Waals surface area contributed by atoms with Crippen LogP contribution in [-0.2, 0) is 90.6 Å². The minimum absolute atomic E-state index is 0.0216. The van der Waals surface area contributed by atoms with Crippen LogP contribution in [0.1, 0.15) is 190 Å². The van der Waals surface area contributed by atoms with Gasteiger partial charge in [0.25, 0.3) is 0 Å². The van der Waals surface area contributed by atoms with E-state index in [4.69, 9.17) is 37.9 Å². The van der Waals surface area contributed by atoms with E-state index >= 15 is 0 Å². The standard InChI is InChI=1S/C75H139N11O31/c1-9-76-69(107)53(86-71(109)54(85-65(104)30-16-23-36-112-74(57(40-89)82-50(7)99)116-60(43-92)47(4)96)26-11-18-32-78-63(102)28-14-21-37-113-75-66(83-51(8)100)68(106)67(105)61(44-93)117-75)25-12-19-33-79-70(108)52(84-64(103)29-15-22-35-111-73(56(39-88)81-49(6)98)115-59(42-91)46(3)95)24-10-17-31-77-62(101)27-13-20-34-110-72(55(38-87)80-48(5)97)114-58(41-90)45(2)94/h45-47,52-61,66-68,72-75,87-96,105-106H,9-44H2,1-8H3,(H,76,107)(H,77,101)(H,78,102)(H,79,108)(H,80,97)(H,81,98)(H,82,99)(H,83,100)(H,84,103)(H,85,104)(H,86,109)/t45-,46-,47-,52?,53?,54?,55+,56+,57+,58?,59?,60?,61?,66?,67?,68?,72?,73?,74?,75?/m1/s1. The van der Waals surface area contributed by atoms with Crippen molar-refractivity contribution in [2.24, 2.45) is 0 Å². The van der Waals surface area contributed by atoms with Crippen LogP contribution in [0.2, 0.25) is 0 Å². The Labute approximate surface area is 684 Å². The molecule has 1 rings (SSSR count). The van der Waals surface area contributed by atoms with Gasteiger partial charge in [0.2, 0.25) is 65.0 Å².